The lowest BCUT2D eigenvalue weighted by molar-refractivity contribution is -0.139. The first-order chi connectivity index (χ1) is 15.9. The summed E-state index contributed by atoms with van der Waals surface area (Å²) in [5, 5.41) is 18.2. The lowest BCUT2D eigenvalue weighted by atomic mass is 10.1. The molecule has 0 saturated heterocycles. The molecule has 0 aliphatic rings. The van der Waals surface area contributed by atoms with Crippen LogP contribution in [-0.2, 0) is 16.0 Å². The highest BCUT2D eigenvalue weighted by Gasteiger charge is 2.20. The number of amides is 2. The molecular formula is C23H26BrN5O4. The van der Waals surface area contributed by atoms with E-state index in [0.717, 1.165) is 17.3 Å². The van der Waals surface area contributed by atoms with E-state index >= 15 is 0 Å². The standard InChI is InChI=1S/C23H26BrN5O4/c24-18-11-7-16(8-12-18)4-3-6-21(30)26-15-2-1-5-20(23(32)33)27-22(31)17-9-13-19(14-10-17)28-29-25/h7-14,20H,1-6,15H2,(H,26,30)(H,27,31)(H,32,33)/t20-/m0/s1. The maximum atomic E-state index is 12.3. The van der Waals surface area contributed by atoms with Gasteiger partial charge >= 0.3 is 5.97 Å². The van der Waals surface area contributed by atoms with Crippen LogP contribution in [0.5, 0.6) is 0 Å². The third-order valence-corrected chi connectivity index (χ3v) is 5.45. The fraction of sp³-hybridized carbons (Fsp3) is 0.348. The molecule has 2 aromatic carbocycles. The second-order valence-electron chi connectivity index (χ2n) is 7.43. The van der Waals surface area contributed by atoms with Crippen molar-refractivity contribution in [3.05, 3.63) is 74.6 Å². The Morgan fingerprint density at radius 3 is 2.36 bits per heavy atom. The lowest BCUT2D eigenvalue weighted by Gasteiger charge is -2.14. The molecule has 0 aromatic heterocycles. The highest BCUT2D eigenvalue weighted by Crippen LogP contribution is 2.14. The zero-order valence-corrected chi connectivity index (χ0v) is 19.6. The predicted octanol–water partition coefficient (Wildman–Crippen LogP) is 4.88. The minimum atomic E-state index is -1.12. The van der Waals surface area contributed by atoms with Crippen LogP contribution in [-0.4, -0.2) is 35.5 Å². The van der Waals surface area contributed by atoms with Crippen LogP contribution in [0.25, 0.3) is 10.4 Å². The smallest absolute Gasteiger partial charge is 0.326 e. The fourth-order valence-corrected chi connectivity index (χ4v) is 3.39. The Labute approximate surface area is 200 Å². The van der Waals surface area contributed by atoms with Crippen molar-refractivity contribution in [3.8, 4) is 0 Å². The molecule has 10 heteroatoms. The third kappa shape index (κ3) is 9.76. The van der Waals surface area contributed by atoms with Gasteiger partial charge in [0.1, 0.15) is 6.04 Å². The molecule has 2 amide bonds. The minimum Gasteiger partial charge on any atom is -0.480 e. The van der Waals surface area contributed by atoms with Crippen LogP contribution in [0.2, 0.25) is 0 Å². The molecule has 0 unspecified atom stereocenters. The molecule has 3 N–H and O–H groups in total. The van der Waals surface area contributed by atoms with Crippen molar-refractivity contribution < 1.29 is 19.5 Å². The summed E-state index contributed by atoms with van der Waals surface area (Å²) in [6, 6.07) is 12.9. The second kappa shape index (κ2) is 13.9. The van der Waals surface area contributed by atoms with Gasteiger partial charge in [0.05, 0.1) is 0 Å². The molecule has 0 aliphatic carbocycles. The molecule has 0 bridgehead atoms. The number of rotatable bonds is 13. The minimum absolute atomic E-state index is 0.0284. The topological polar surface area (TPSA) is 144 Å². The number of carboxylic acids is 1. The molecule has 1 atom stereocenters. The lowest BCUT2D eigenvalue weighted by Crippen LogP contribution is -2.40. The van der Waals surface area contributed by atoms with Gasteiger partial charge in [-0.05, 0) is 67.5 Å². The summed E-state index contributed by atoms with van der Waals surface area (Å²) in [6.45, 7) is 0.457. The monoisotopic (exact) mass is 515 g/mol. The van der Waals surface area contributed by atoms with Crippen molar-refractivity contribution in [1.29, 1.82) is 0 Å². The molecule has 0 saturated carbocycles. The Hall–Kier alpha value is -3.36. The summed E-state index contributed by atoms with van der Waals surface area (Å²) in [7, 11) is 0. The van der Waals surface area contributed by atoms with Crippen molar-refractivity contribution in [2.24, 2.45) is 5.11 Å². The van der Waals surface area contributed by atoms with E-state index in [1.54, 1.807) is 0 Å². The number of aryl methyl sites for hydroxylation is 1. The maximum Gasteiger partial charge on any atom is 0.326 e. The normalized spacial score (nSPS) is 11.2. The highest BCUT2D eigenvalue weighted by molar-refractivity contribution is 9.10. The Bertz CT molecular complexity index is 989. The molecule has 0 heterocycles. The molecule has 0 radical (unpaired) electrons. The highest BCUT2D eigenvalue weighted by atomic mass is 79.9. The first kappa shape index (κ1) is 25.9. The van der Waals surface area contributed by atoms with Gasteiger partial charge in [-0.15, -0.1) is 0 Å². The number of carbonyl (C=O) groups is 3. The predicted molar refractivity (Wildman–Crippen MR) is 128 cm³/mol. The first-order valence-electron chi connectivity index (χ1n) is 10.6. The van der Waals surface area contributed by atoms with E-state index in [2.05, 4.69) is 36.6 Å². The Kier molecular flexibility index (Phi) is 10.9. The van der Waals surface area contributed by atoms with Gasteiger partial charge < -0.3 is 15.7 Å². The number of carboxylic acid groups (broad SMARTS) is 1. The molecule has 33 heavy (non-hydrogen) atoms. The van der Waals surface area contributed by atoms with Crippen molar-refractivity contribution >= 4 is 39.4 Å². The van der Waals surface area contributed by atoms with Crippen LogP contribution in [0.15, 0.2) is 58.1 Å². The van der Waals surface area contributed by atoms with Gasteiger partial charge in [0.2, 0.25) is 5.91 Å². The molecule has 9 nitrogen and oxygen atoms in total. The summed E-state index contributed by atoms with van der Waals surface area (Å²) in [5.74, 6) is -1.67. The van der Waals surface area contributed by atoms with E-state index < -0.39 is 17.9 Å². The fourth-order valence-electron chi connectivity index (χ4n) is 3.12. The van der Waals surface area contributed by atoms with Crippen LogP contribution >= 0.6 is 15.9 Å². The Balaban J connectivity index is 1.65. The van der Waals surface area contributed by atoms with Gasteiger partial charge in [-0.3, -0.25) is 9.59 Å². The molecule has 0 aliphatic heterocycles. The van der Waals surface area contributed by atoms with Crippen molar-refractivity contribution in [3.63, 3.8) is 0 Å². The van der Waals surface area contributed by atoms with Crippen LogP contribution in [0.4, 0.5) is 5.69 Å². The van der Waals surface area contributed by atoms with Gasteiger partial charge in [0.15, 0.2) is 0 Å². The Morgan fingerprint density at radius 1 is 1.03 bits per heavy atom. The molecule has 0 spiro atoms. The van der Waals surface area contributed by atoms with Gasteiger partial charge in [-0.25, -0.2) is 4.79 Å². The number of nitrogens with one attached hydrogen (secondary N) is 2. The van der Waals surface area contributed by atoms with Crippen LogP contribution in [0, 0.1) is 0 Å². The average Bonchev–Trinajstić information content (AvgIpc) is 2.80. The number of hydrogen-bond donors (Lipinski definition) is 3. The second-order valence-corrected chi connectivity index (χ2v) is 8.34. The summed E-state index contributed by atoms with van der Waals surface area (Å²) >= 11 is 3.39. The molecule has 2 aromatic rings. The van der Waals surface area contributed by atoms with Crippen LogP contribution in [0.1, 0.15) is 48.0 Å². The molecule has 2 rings (SSSR count). The first-order valence-corrected chi connectivity index (χ1v) is 11.4. The summed E-state index contributed by atoms with van der Waals surface area (Å²) in [4.78, 5) is 38.4. The number of nitrogens with zero attached hydrogens (tertiary/aromatic N) is 3. The van der Waals surface area contributed by atoms with Crippen molar-refractivity contribution in [2.45, 2.75) is 44.6 Å². The number of benzene rings is 2. The number of hydrogen-bond acceptors (Lipinski definition) is 4. The molecule has 0 fully saturated rings. The van der Waals surface area contributed by atoms with Gasteiger partial charge in [-0.1, -0.05) is 45.3 Å². The largest absolute Gasteiger partial charge is 0.480 e. The average molecular weight is 516 g/mol. The van der Waals surface area contributed by atoms with Gasteiger partial charge in [0.25, 0.3) is 5.91 Å². The quantitative estimate of drug-likeness (QED) is 0.151. The summed E-state index contributed by atoms with van der Waals surface area (Å²) in [5.41, 5.74) is 10.2. The van der Waals surface area contributed by atoms with Crippen LogP contribution in [0.3, 0.4) is 0 Å². The SMILES string of the molecule is [N-]=[N+]=Nc1ccc(C(=O)N[C@@H](CCCCNC(=O)CCCc2ccc(Br)cc2)C(=O)O)cc1. The zero-order valence-electron chi connectivity index (χ0n) is 18.0. The number of azide groups is 1. The van der Waals surface area contributed by atoms with E-state index in [4.69, 9.17) is 5.53 Å². The van der Waals surface area contributed by atoms with E-state index in [1.165, 1.54) is 29.8 Å². The van der Waals surface area contributed by atoms with Crippen LogP contribution < -0.4 is 10.6 Å². The van der Waals surface area contributed by atoms with E-state index in [1.807, 2.05) is 24.3 Å². The van der Waals surface area contributed by atoms with Gasteiger partial charge in [-0.2, -0.15) is 0 Å². The third-order valence-electron chi connectivity index (χ3n) is 4.92. The van der Waals surface area contributed by atoms with E-state index in [-0.39, 0.29) is 17.9 Å². The zero-order chi connectivity index (χ0) is 24.1. The number of carbonyl (C=O) groups excluding carboxylic acids is 2. The van der Waals surface area contributed by atoms with E-state index in [0.29, 0.717) is 31.5 Å². The van der Waals surface area contributed by atoms with Crippen molar-refractivity contribution in [1.82, 2.24) is 10.6 Å². The van der Waals surface area contributed by atoms with E-state index in [9.17, 15) is 19.5 Å². The number of aliphatic carboxylic acids is 1. The summed E-state index contributed by atoms with van der Waals surface area (Å²) < 4.78 is 1.02. The number of unbranched alkanes of at least 4 members (excludes halogenated alkanes) is 1. The van der Waals surface area contributed by atoms with Gasteiger partial charge in [0, 0.05) is 33.6 Å². The van der Waals surface area contributed by atoms with Crippen molar-refractivity contribution in [2.75, 3.05) is 6.54 Å². The maximum absolute atomic E-state index is 12.3. The molecule has 174 valence electrons. The Morgan fingerprint density at radius 2 is 1.73 bits per heavy atom. The number of halogens is 1. The summed E-state index contributed by atoms with van der Waals surface area (Å²) in [6.07, 6.45) is 3.41. The molecular weight excluding hydrogens is 490 g/mol.